The van der Waals surface area contributed by atoms with E-state index in [0.717, 1.165) is 12.1 Å². The lowest BCUT2D eigenvalue weighted by atomic mass is 9.80. The van der Waals surface area contributed by atoms with Gasteiger partial charge in [-0.2, -0.15) is 0 Å². The minimum Gasteiger partial charge on any atom is -0.478 e. The molecule has 0 aliphatic rings. The standard InChI is InChI=1S/C26H19N3O7/c30-25(31)18-16-22(28(32)33)24(23(17-18)29(34)35)27-36-26(19-10-4-1-5-11-19,20-12-6-2-7-13-20)21-14-8-3-9-15-21/h1-17,27H,(H,30,31). The number of carbonyl (C=O) groups is 1. The van der Waals surface area contributed by atoms with E-state index in [1.54, 1.807) is 72.8 Å². The van der Waals surface area contributed by atoms with E-state index in [4.69, 9.17) is 4.84 Å². The van der Waals surface area contributed by atoms with Crippen LogP contribution in [0.4, 0.5) is 17.1 Å². The Morgan fingerprint density at radius 3 is 1.39 bits per heavy atom. The Bertz CT molecular complexity index is 1280. The van der Waals surface area contributed by atoms with E-state index in [-0.39, 0.29) is 0 Å². The van der Waals surface area contributed by atoms with Crippen molar-refractivity contribution in [2.45, 2.75) is 5.60 Å². The van der Waals surface area contributed by atoms with Crippen LogP contribution >= 0.6 is 0 Å². The van der Waals surface area contributed by atoms with Crippen LogP contribution in [-0.2, 0) is 10.4 Å². The van der Waals surface area contributed by atoms with Crippen LogP contribution in [0.5, 0.6) is 0 Å². The maximum absolute atomic E-state index is 11.8. The van der Waals surface area contributed by atoms with Crippen LogP contribution in [0.25, 0.3) is 0 Å². The summed E-state index contributed by atoms with van der Waals surface area (Å²) in [6.07, 6.45) is 0. The number of aromatic carboxylic acids is 1. The van der Waals surface area contributed by atoms with Crippen LogP contribution in [0.15, 0.2) is 103 Å². The van der Waals surface area contributed by atoms with Crippen molar-refractivity contribution in [1.82, 2.24) is 0 Å². The summed E-state index contributed by atoms with van der Waals surface area (Å²) in [7, 11) is 0. The number of nitrogens with one attached hydrogen (secondary N) is 1. The summed E-state index contributed by atoms with van der Waals surface area (Å²) in [5.74, 6) is -1.54. The quantitative estimate of drug-likeness (QED) is 0.179. The molecule has 180 valence electrons. The van der Waals surface area contributed by atoms with E-state index in [0.29, 0.717) is 16.7 Å². The lowest BCUT2D eigenvalue weighted by Crippen LogP contribution is -2.35. The van der Waals surface area contributed by atoms with Gasteiger partial charge in [-0.3, -0.25) is 30.5 Å². The van der Waals surface area contributed by atoms with Crippen LogP contribution in [0, 0.1) is 20.2 Å². The van der Waals surface area contributed by atoms with E-state index in [2.05, 4.69) is 5.48 Å². The molecule has 0 aliphatic carbocycles. The van der Waals surface area contributed by atoms with Crippen molar-refractivity contribution in [2.75, 3.05) is 5.48 Å². The highest BCUT2D eigenvalue weighted by molar-refractivity contribution is 5.92. The summed E-state index contributed by atoms with van der Waals surface area (Å²) in [6.45, 7) is 0. The van der Waals surface area contributed by atoms with Crippen LogP contribution < -0.4 is 5.48 Å². The second-order valence-corrected chi connectivity index (χ2v) is 7.69. The van der Waals surface area contributed by atoms with Gasteiger partial charge in [-0.1, -0.05) is 91.0 Å². The number of hydrogen-bond acceptors (Lipinski definition) is 7. The van der Waals surface area contributed by atoms with Crippen LogP contribution in [-0.4, -0.2) is 20.9 Å². The number of carboxylic acid groups (broad SMARTS) is 1. The molecule has 0 aromatic heterocycles. The predicted octanol–water partition coefficient (Wildman–Crippen LogP) is 5.54. The topological polar surface area (TPSA) is 145 Å². The molecule has 0 atom stereocenters. The Balaban J connectivity index is 1.95. The zero-order chi connectivity index (χ0) is 25.7. The van der Waals surface area contributed by atoms with E-state index < -0.39 is 44.0 Å². The summed E-state index contributed by atoms with van der Waals surface area (Å²) in [5, 5.41) is 32.9. The molecule has 4 aromatic rings. The predicted molar refractivity (Wildman–Crippen MR) is 131 cm³/mol. The molecule has 36 heavy (non-hydrogen) atoms. The third-order valence-electron chi connectivity index (χ3n) is 5.58. The second kappa shape index (κ2) is 10.0. The largest absolute Gasteiger partial charge is 0.478 e. The molecule has 0 aliphatic heterocycles. The van der Waals surface area contributed by atoms with Crippen molar-refractivity contribution in [2.24, 2.45) is 0 Å². The molecule has 4 rings (SSSR count). The summed E-state index contributed by atoms with van der Waals surface area (Å²) in [4.78, 5) is 39.5. The third kappa shape index (κ3) is 4.48. The highest BCUT2D eigenvalue weighted by Crippen LogP contribution is 2.43. The van der Waals surface area contributed by atoms with Gasteiger partial charge < -0.3 is 5.11 Å². The Labute approximate surface area is 204 Å². The molecular weight excluding hydrogens is 466 g/mol. The van der Waals surface area contributed by atoms with Crippen molar-refractivity contribution >= 4 is 23.0 Å². The maximum Gasteiger partial charge on any atom is 0.336 e. The first-order valence-corrected chi connectivity index (χ1v) is 10.7. The number of hydrogen-bond donors (Lipinski definition) is 2. The number of nitro groups is 2. The SMILES string of the molecule is O=C(O)c1cc([N+](=O)[O-])c(NOC(c2ccccc2)(c2ccccc2)c2ccccc2)c([N+](=O)[O-])c1. The zero-order valence-electron chi connectivity index (χ0n) is 18.6. The number of nitrogens with zero attached hydrogens (tertiary/aromatic N) is 2. The highest BCUT2D eigenvalue weighted by Gasteiger charge is 2.40. The minimum atomic E-state index is -1.54. The van der Waals surface area contributed by atoms with E-state index in [9.17, 15) is 30.1 Å². The molecular formula is C26H19N3O7. The third-order valence-corrected chi connectivity index (χ3v) is 5.58. The Morgan fingerprint density at radius 1 is 0.722 bits per heavy atom. The van der Waals surface area contributed by atoms with Crippen LogP contribution in [0.2, 0.25) is 0 Å². The lowest BCUT2D eigenvalue weighted by molar-refractivity contribution is -0.392. The van der Waals surface area contributed by atoms with E-state index in [1.807, 2.05) is 18.2 Å². The fraction of sp³-hybridized carbons (Fsp3) is 0.0385. The van der Waals surface area contributed by atoms with Gasteiger partial charge in [0.1, 0.15) is 0 Å². The first-order valence-electron chi connectivity index (χ1n) is 10.7. The second-order valence-electron chi connectivity index (χ2n) is 7.69. The molecule has 4 aromatic carbocycles. The van der Waals surface area contributed by atoms with Gasteiger partial charge in [0.05, 0.1) is 15.4 Å². The summed E-state index contributed by atoms with van der Waals surface area (Å²) in [5.41, 5.74) is 0.193. The first-order chi connectivity index (χ1) is 17.3. The molecule has 0 saturated carbocycles. The number of nitro benzene ring substituents is 2. The van der Waals surface area contributed by atoms with Gasteiger partial charge in [-0.25, -0.2) is 4.79 Å². The van der Waals surface area contributed by atoms with Gasteiger partial charge in [-0.05, 0) is 16.7 Å². The Hall–Kier alpha value is -5.09. The van der Waals surface area contributed by atoms with Crippen molar-refractivity contribution < 1.29 is 24.6 Å². The fourth-order valence-electron chi connectivity index (χ4n) is 3.95. The van der Waals surface area contributed by atoms with Crippen LogP contribution in [0.1, 0.15) is 27.0 Å². The average Bonchev–Trinajstić information content (AvgIpc) is 2.90. The van der Waals surface area contributed by atoms with Crippen molar-refractivity contribution in [3.8, 4) is 0 Å². The van der Waals surface area contributed by atoms with Crippen molar-refractivity contribution in [3.05, 3.63) is 146 Å². The first kappa shape index (κ1) is 24.0. The molecule has 0 spiro atoms. The smallest absolute Gasteiger partial charge is 0.336 e. The van der Waals surface area contributed by atoms with Gasteiger partial charge in [-0.15, -0.1) is 0 Å². The van der Waals surface area contributed by atoms with Gasteiger partial charge in [0.15, 0.2) is 5.60 Å². The highest BCUT2D eigenvalue weighted by atomic mass is 16.7. The number of anilines is 1. The maximum atomic E-state index is 11.8. The molecule has 0 fully saturated rings. The van der Waals surface area contributed by atoms with E-state index in [1.165, 1.54) is 0 Å². The van der Waals surface area contributed by atoms with Gasteiger partial charge in [0.2, 0.25) is 5.69 Å². The van der Waals surface area contributed by atoms with Gasteiger partial charge in [0, 0.05) is 12.1 Å². The zero-order valence-corrected chi connectivity index (χ0v) is 18.6. The molecule has 10 nitrogen and oxygen atoms in total. The van der Waals surface area contributed by atoms with Gasteiger partial charge >= 0.3 is 17.3 Å². The molecule has 0 unspecified atom stereocenters. The Morgan fingerprint density at radius 2 is 1.08 bits per heavy atom. The number of benzene rings is 4. The molecule has 2 N–H and O–H groups in total. The number of rotatable bonds is 9. The molecule has 0 saturated heterocycles. The monoisotopic (exact) mass is 485 g/mol. The fourth-order valence-corrected chi connectivity index (χ4v) is 3.95. The summed E-state index contributed by atoms with van der Waals surface area (Å²) in [6, 6.07) is 28.6. The molecule has 0 bridgehead atoms. The molecule has 10 heteroatoms. The lowest BCUT2D eigenvalue weighted by Gasteiger charge is -2.35. The molecule has 0 amide bonds. The minimum absolute atomic E-state index is 0.581. The van der Waals surface area contributed by atoms with Gasteiger partial charge in [0.25, 0.3) is 0 Å². The van der Waals surface area contributed by atoms with Crippen LogP contribution in [0.3, 0.4) is 0 Å². The van der Waals surface area contributed by atoms with Crippen molar-refractivity contribution in [3.63, 3.8) is 0 Å². The average molecular weight is 485 g/mol. The summed E-state index contributed by atoms with van der Waals surface area (Å²) >= 11 is 0. The number of carboxylic acids is 1. The summed E-state index contributed by atoms with van der Waals surface area (Å²) < 4.78 is 0. The van der Waals surface area contributed by atoms with E-state index >= 15 is 0 Å². The molecule has 0 radical (unpaired) electrons. The molecule has 0 heterocycles. The Kier molecular flexibility index (Phi) is 6.70. The van der Waals surface area contributed by atoms with Crippen molar-refractivity contribution in [1.29, 1.82) is 0 Å². The normalized spacial score (nSPS) is 11.0.